The minimum absolute atomic E-state index is 0.0750. The van der Waals surface area contributed by atoms with Crippen molar-refractivity contribution in [3.05, 3.63) is 88.5 Å². The van der Waals surface area contributed by atoms with E-state index in [9.17, 15) is 28.4 Å². The lowest BCUT2D eigenvalue weighted by atomic mass is 10.2. The molecule has 0 spiro atoms. The summed E-state index contributed by atoms with van der Waals surface area (Å²) in [6, 6.07) is 18.2. The van der Waals surface area contributed by atoms with Crippen molar-refractivity contribution in [3.63, 3.8) is 0 Å². The molecule has 0 aliphatic carbocycles. The summed E-state index contributed by atoms with van der Waals surface area (Å²) in [5, 5.41) is 20.4. The lowest BCUT2D eigenvalue weighted by Gasteiger charge is -2.23. The highest BCUT2D eigenvalue weighted by Gasteiger charge is 2.29. The first-order chi connectivity index (χ1) is 14.7. The molecule has 0 fully saturated rings. The maximum Gasteiger partial charge on any atom is 0.324 e. The summed E-state index contributed by atoms with van der Waals surface area (Å²) in [4.78, 5) is 21.5. The predicted octanol–water partition coefficient (Wildman–Crippen LogP) is 3.98. The number of ether oxygens (including phenoxy) is 1. The van der Waals surface area contributed by atoms with E-state index in [1.165, 1.54) is 43.3 Å². The number of nitro groups is 1. The van der Waals surface area contributed by atoms with Crippen LogP contribution in [-0.2, 0) is 14.8 Å². The van der Waals surface area contributed by atoms with Gasteiger partial charge in [0, 0.05) is 11.6 Å². The zero-order valence-electron chi connectivity index (χ0n) is 16.3. The number of hydrogen-bond donors (Lipinski definition) is 1. The van der Waals surface area contributed by atoms with E-state index in [0.29, 0.717) is 15.8 Å². The number of nitrogens with zero attached hydrogens (tertiary/aromatic N) is 2. The number of sulfonamides is 1. The SMILES string of the molecule is Cc1ccc(S(=O)(=O)N(CC(=O)O)c2ccc(Oc3ccccc3)cc2)cc1[N+](=O)[O-]. The number of anilines is 1. The fraction of sp³-hybridized carbons (Fsp3) is 0.0952. The van der Waals surface area contributed by atoms with E-state index in [-0.39, 0.29) is 21.8 Å². The molecule has 0 unspecified atom stereocenters. The lowest BCUT2D eigenvalue weighted by Crippen LogP contribution is -2.35. The van der Waals surface area contributed by atoms with E-state index in [4.69, 9.17) is 4.74 Å². The Labute approximate surface area is 178 Å². The molecule has 10 heteroatoms. The second-order valence-corrected chi connectivity index (χ2v) is 8.38. The summed E-state index contributed by atoms with van der Waals surface area (Å²) < 4.78 is 32.6. The van der Waals surface area contributed by atoms with Gasteiger partial charge in [-0.1, -0.05) is 24.3 Å². The summed E-state index contributed by atoms with van der Waals surface area (Å²) in [5.74, 6) is -0.374. The number of carboxylic acid groups (broad SMARTS) is 1. The third kappa shape index (κ3) is 4.98. The summed E-state index contributed by atoms with van der Waals surface area (Å²) in [7, 11) is -4.39. The van der Waals surface area contributed by atoms with Crippen molar-refractivity contribution >= 4 is 27.4 Å². The van der Waals surface area contributed by atoms with Gasteiger partial charge in [0.1, 0.15) is 18.0 Å². The van der Waals surface area contributed by atoms with Crippen LogP contribution in [0.1, 0.15) is 5.56 Å². The topological polar surface area (TPSA) is 127 Å². The second kappa shape index (κ2) is 8.84. The van der Waals surface area contributed by atoms with Gasteiger partial charge in [-0.3, -0.25) is 19.2 Å². The molecule has 0 heterocycles. The van der Waals surface area contributed by atoms with Crippen LogP contribution in [0.25, 0.3) is 0 Å². The number of aryl methyl sites for hydroxylation is 1. The molecule has 9 nitrogen and oxygen atoms in total. The highest BCUT2D eigenvalue weighted by molar-refractivity contribution is 7.92. The predicted molar refractivity (Wildman–Crippen MR) is 113 cm³/mol. The van der Waals surface area contributed by atoms with Gasteiger partial charge in [-0.2, -0.15) is 0 Å². The van der Waals surface area contributed by atoms with Crippen molar-refractivity contribution in [2.75, 3.05) is 10.8 Å². The van der Waals surface area contributed by atoms with Gasteiger partial charge in [0.15, 0.2) is 0 Å². The highest BCUT2D eigenvalue weighted by Crippen LogP contribution is 2.30. The van der Waals surface area contributed by atoms with E-state index in [1.54, 1.807) is 24.3 Å². The number of rotatable bonds is 8. The summed E-state index contributed by atoms with van der Waals surface area (Å²) in [6.45, 7) is 0.623. The Kier molecular flexibility index (Phi) is 6.21. The van der Waals surface area contributed by atoms with E-state index < -0.39 is 27.5 Å². The van der Waals surface area contributed by atoms with Crippen LogP contribution in [0.5, 0.6) is 11.5 Å². The van der Waals surface area contributed by atoms with Gasteiger partial charge in [0.05, 0.1) is 15.5 Å². The van der Waals surface area contributed by atoms with Crippen molar-refractivity contribution in [2.24, 2.45) is 0 Å². The number of nitro benzene ring substituents is 1. The molecule has 0 amide bonds. The molecule has 0 bridgehead atoms. The van der Waals surface area contributed by atoms with Crippen molar-refractivity contribution in [1.29, 1.82) is 0 Å². The molecular formula is C21H18N2O7S. The molecule has 0 saturated carbocycles. The molecule has 3 aromatic carbocycles. The van der Waals surface area contributed by atoms with Crippen LogP contribution >= 0.6 is 0 Å². The van der Waals surface area contributed by atoms with Gasteiger partial charge in [-0.15, -0.1) is 0 Å². The second-order valence-electron chi connectivity index (χ2n) is 6.52. The fourth-order valence-corrected chi connectivity index (χ4v) is 4.25. The zero-order valence-corrected chi connectivity index (χ0v) is 17.2. The molecule has 0 radical (unpaired) electrons. The van der Waals surface area contributed by atoms with Crippen LogP contribution in [0.2, 0.25) is 0 Å². The number of hydrogen-bond acceptors (Lipinski definition) is 6. The number of carbonyl (C=O) groups is 1. The Hall–Kier alpha value is -3.92. The molecule has 31 heavy (non-hydrogen) atoms. The largest absolute Gasteiger partial charge is 0.480 e. The Bertz CT molecular complexity index is 1210. The lowest BCUT2D eigenvalue weighted by molar-refractivity contribution is -0.385. The number of benzene rings is 3. The van der Waals surface area contributed by atoms with Crippen molar-refractivity contribution in [2.45, 2.75) is 11.8 Å². The van der Waals surface area contributed by atoms with Crippen LogP contribution < -0.4 is 9.04 Å². The van der Waals surface area contributed by atoms with Gasteiger partial charge >= 0.3 is 5.97 Å². The first-order valence-corrected chi connectivity index (χ1v) is 10.4. The average Bonchev–Trinajstić information content (AvgIpc) is 2.73. The first kappa shape index (κ1) is 21.8. The van der Waals surface area contributed by atoms with Gasteiger partial charge < -0.3 is 9.84 Å². The molecule has 0 aliphatic rings. The molecule has 160 valence electrons. The van der Waals surface area contributed by atoms with Gasteiger partial charge in [-0.05, 0) is 49.4 Å². The average molecular weight is 442 g/mol. The molecule has 0 aliphatic heterocycles. The molecule has 3 rings (SSSR count). The van der Waals surface area contributed by atoms with Crippen molar-refractivity contribution < 1.29 is 28.0 Å². The van der Waals surface area contributed by atoms with Gasteiger partial charge in [0.25, 0.3) is 15.7 Å². The Morgan fingerprint density at radius 2 is 1.65 bits per heavy atom. The minimum Gasteiger partial charge on any atom is -0.480 e. The van der Waals surface area contributed by atoms with Crippen LogP contribution in [0.15, 0.2) is 77.7 Å². The van der Waals surface area contributed by atoms with Crippen LogP contribution in [0.4, 0.5) is 11.4 Å². The van der Waals surface area contributed by atoms with Crippen LogP contribution in [-0.4, -0.2) is 31.0 Å². The third-order valence-corrected chi connectivity index (χ3v) is 6.12. The van der Waals surface area contributed by atoms with E-state index >= 15 is 0 Å². The molecular weight excluding hydrogens is 424 g/mol. The van der Waals surface area contributed by atoms with Crippen LogP contribution in [0, 0.1) is 17.0 Å². The first-order valence-electron chi connectivity index (χ1n) is 9.01. The Balaban J connectivity index is 1.97. The summed E-state index contributed by atoms with van der Waals surface area (Å²) in [6.07, 6.45) is 0. The smallest absolute Gasteiger partial charge is 0.324 e. The number of para-hydroxylation sites is 1. The van der Waals surface area contributed by atoms with E-state index in [1.807, 2.05) is 6.07 Å². The molecule has 3 aromatic rings. The Morgan fingerprint density at radius 1 is 1.03 bits per heavy atom. The molecule has 0 aromatic heterocycles. The zero-order chi connectivity index (χ0) is 22.6. The highest BCUT2D eigenvalue weighted by atomic mass is 32.2. The monoisotopic (exact) mass is 442 g/mol. The van der Waals surface area contributed by atoms with Crippen molar-refractivity contribution in [3.8, 4) is 11.5 Å². The standard InChI is InChI=1S/C21H18N2O7S/c1-15-7-12-19(13-20(15)23(26)27)31(28,29)22(14-21(24)25)16-8-10-18(11-9-16)30-17-5-3-2-4-6-17/h2-13H,14H2,1H3,(H,24,25). The van der Waals surface area contributed by atoms with E-state index in [2.05, 4.69) is 0 Å². The molecule has 0 saturated heterocycles. The maximum atomic E-state index is 13.1. The van der Waals surface area contributed by atoms with E-state index in [0.717, 1.165) is 6.07 Å². The quantitative estimate of drug-likeness (QED) is 0.413. The number of carboxylic acids is 1. The minimum atomic E-state index is -4.39. The van der Waals surface area contributed by atoms with Gasteiger partial charge in [0.2, 0.25) is 0 Å². The summed E-state index contributed by atoms with van der Waals surface area (Å²) >= 11 is 0. The van der Waals surface area contributed by atoms with Crippen LogP contribution in [0.3, 0.4) is 0 Å². The van der Waals surface area contributed by atoms with Gasteiger partial charge in [-0.25, -0.2) is 8.42 Å². The Morgan fingerprint density at radius 3 is 2.23 bits per heavy atom. The molecule has 0 atom stereocenters. The van der Waals surface area contributed by atoms with Crippen molar-refractivity contribution in [1.82, 2.24) is 0 Å². The summed E-state index contributed by atoms with van der Waals surface area (Å²) in [5.41, 5.74) is -0.00912. The fourth-order valence-electron chi connectivity index (χ4n) is 2.82. The maximum absolute atomic E-state index is 13.1. The molecule has 1 N–H and O–H groups in total. The third-order valence-electron chi connectivity index (χ3n) is 4.35. The number of aliphatic carboxylic acids is 1. The normalized spacial score (nSPS) is 11.0.